The predicted octanol–water partition coefficient (Wildman–Crippen LogP) is 0.668. The molecule has 6 nitrogen and oxygen atoms in total. The van der Waals surface area contributed by atoms with Crippen LogP contribution in [0.5, 0.6) is 0 Å². The van der Waals surface area contributed by atoms with Gasteiger partial charge in [0.05, 0.1) is 0 Å². The monoisotopic (exact) mass is 281 g/mol. The van der Waals surface area contributed by atoms with Crippen LogP contribution in [0.4, 0.5) is 4.79 Å². The van der Waals surface area contributed by atoms with E-state index in [0.717, 1.165) is 0 Å². The lowest BCUT2D eigenvalue weighted by Crippen LogP contribution is -2.34. The summed E-state index contributed by atoms with van der Waals surface area (Å²) in [5, 5.41) is 7.81. The van der Waals surface area contributed by atoms with E-state index < -0.39 is 12.1 Å². The van der Waals surface area contributed by atoms with Crippen molar-refractivity contribution < 1.29 is 14.4 Å². The minimum Gasteiger partial charge on any atom is -0.352 e. The molecular weight excluding hydrogens is 270 g/mol. The van der Waals surface area contributed by atoms with Crippen LogP contribution in [0.25, 0.3) is 0 Å². The number of rotatable bonds is 4. The van der Waals surface area contributed by atoms with Crippen molar-refractivity contribution in [3.8, 4) is 0 Å². The summed E-state index contributed by atoms with van der Waals surface area (Å²) in [5.74, 6) is -0.618. The van der Waals surface area contributed by atoms with Gasteiger partial charge in [0.25, 0.3) is 11.8 Å². The minimum absolute atomic E-state index is 0.249. The highest BCUT2D eigenvalue weighted by molar-refractivity contribution is 6.30. The van der Waals surface area contributed by atoms with Crippen LogP contribution < -0.4 is 16.0 Å². The molecule has 1 aromatic carbocycles. The van der Waals surface area contributed by atoms with E-state index in [-0.39, 0.29) is 11.8 Å². The van der Waals surface area contributed by atoms with Crippen molar-refractivity contribution >= 4 is 29.4 Å². The summed E-state index contributed by atoms with van der Waals surface area (Å²) < 4.78 is 0. The lowest BCUT2D eigenvalue weighted by Gasteiger charge is -2.08. The van der Waals surface area contributed by atoms with Crippen LogP contribution in [0, 0.1) is 0 Å². The standard InChI is InChI=1S/C12H12ClN3O3/c13-8-3-1-7(2-4-8)10(17)14-6-5-9-11(18)16-12(19)15-9/h1-4,9H,5-6H2,(H,14,17)(H2,15,16,18,19). The highest BCUT2D eigenvalue weighted by atomic mass is 35.5. The number of halogens is 1. The van der Waals surface area contributed by atoms with Gasteiger partial charge in [-0.1, -0.05) is 11.6 Å². The maximum Gasteiger partial charge on any atom is 0.322 e. The van der Waals surface area contributed by atoms with Crippen molar-refractivity contribution in [1.29, 1.82) is 0 Å². The molecule has 100 valence electrons. The molecule has 1 aliphatic heterocycles. The number of hydrogen-bond donors (Lipinski definition) is 3. The molecule has 19 heavy (non-hydrogen) atoms. The van der Waals surface area contributed by atoms with Crippen LogP contribution in [0.15, 0.2) is 24.3 Å². The number of urea groups is 1. The van der Waals surface area contributed by atoms with Gasteiger partial charge in [-0.15, -0.1) is 0 Å². The Morgan fingerprint density at radius 1 is 1.26 bits per heavy atom. The Kier molecular flexibility index (Phi) is 4.01. The Balaban J connectivity index is 1.79. The van der Waals surface area contributed by atoms with Crippen LogP contribution in [-0.2, 0) is 4.79 Å². The van der Waals surface area contributed by atoms with E-state index in [1.54, 1.807) is 24.3 Å². The smallest absolute Gasteiger partial charge is 0.322 e. The molecule has 0 spiro atoms. The number of carbonyl (C=O) groups excluding carboxylic acids is 3. The molecule has 7 heteroatoms. The third-order valence-electron chi connectivity index (χ3n) is 2.68. The van der Waals surface area contributed by atoms with Crippen LogP contribution in [0.2, 0.25) is 5.02 Å². The summed E-state index contributed by atoms with van der Waals surface area (Å²) in [6.07, 6.45) is 0.344. The molecule has 1 aromatic rings. The van der Waals surface area contributed by atoms with Gasteiger partial charge in [0.1, 0.15) is 6.04 Å². The average Bonchev–Trinajstić information content (AvgIpc) is 2.68. The van der Waals surface area contributed by atoms with E-state index in [2.05, 4.69) is 16.0 Å². The van der Waals surface area contributed by atoms with Crippen LogP contribution in [-0.4, -0.2) is 30.4 Å². The first kappa shape index (κ1) is 13.4. The largest absolute Gasteiger partial charge is 0.352 e. The number of amides is 4. The summed E-state index contributed by atoms with van der Waals surface area (Å²) in [6, 6.07) is 5.39. The fourth-order valence-electron chi connectivity index (χ4n) is 1.70. The van der Waals surface area contributed by atoms with Crippen molar-refractivity contribution in [2.45, 2.75) is 12.5 Å². The third-order valence-corrected chi connectivity index (χ3v) is 2.94. The Hall–Kier alpha value is -2.08. The van der Waals surface area contributed by atoms with Gasteiger partial charge in [0.15, 0.2) is 0 Å². The fraction of sp³-hybridized carbons (Fsp3) is 0.250. The number of hydrogen-bond acceptors (Lipinski definition) is 3. The normalized spacial score (nSPS) is 17.8. The summed E-state index contributed by atoms with van der Waals surface area (Å²) >= 11 is 5.72. The molecule has 0 saturated carbocycles. The molecule has 2 rings (SSSR count). The third kappa shape index (κ3) is 3.45. The van der Waals surface area contributed by atoms with Crippen LogP contribution in [0.1, 0.15) is 16.8 Å². The van der Waals surface area contributed by atoms with E-state index in [4.69, 9.17) is 11.6 Å². The molecule has 1 aliphatic rings. The van der Waals surface area contributed by atoms with Crippen molar-refractivity contribution in [2.24, 2.45) is 0 Å². The zero-order valence-corrected chi connectivity index (χ0v) is 10.7. The molecule has 1 heterocycles. The zero-order valence-electron chi connectivity index (χ0n) is 9.90. The molecular formula is C12H12ClN3O3. The van der Waals surface area contributed by atoms with Crippen molar-refractivity contribution in [3.63, 3.8) is 0 Å². The summed E-state index contributed by atoms with van der Waals surface area (Å²) in [7, 11) is 0. The second kappa shape index (κ2) is 5.71. The van der Waals surface area contributed by atoms with Gasteiger partial charge in [-0.05, 0) is 30.7 Å². The van der Waals surface area contributed by atoms with Gasteiger partial charge >= 0.3 is 6.03 Å². The molecule has 4 amide bonds. The van der Waals surface area contributed by atoms with Crippen molar-refractivity contribution in [3.05, 3.63) is 34.9 Å². The fourth-order valence-corrected chi connectivity index (χ4v) is 1.82. The molecule has 1 saturated heterocycles. The Bertz CT molecular complexity index is 515. The number of nitrogens with one attached hydrogen (secondary N) is 3. The topological polar surface area (TPSA) is 87.3 Å². The summed E-state index contributed by atoms with van der Waals surface area (Å²) in [5.41, 5.74) is 0.490. The number of benzene rings is 1. The average molecular weight is 282 g/mol. The van der Waals surface area contributed by atoms with Crippen LogP contribution in [0.3, 0.4) is 0 Å². The summed E-state index contributed by atoms with van der Waals surface area (Å²) in [4.78, 5) is 33.9. The molecule has 3 N–H and O–H groups in total. The van der Waals surface area contributed by atoms with Gasteiger partial charge in [0.2, 0.25) is 0 Å². The molecule has 0 bridgehead atoms. The predicted molar refractivity (Wildman–Crippen MR) is 68.9 cm³/mol. The Labute approximate surface area is 114 Å². The first-order valence-corrected chi connectivity index (χ1v) is 6.09. The lowest BCUT2D eigenvalue weighted by molar-refractivity contribution is -0.120. The molecule has 0 aromatic heterocycles. The van der Waals surface area contributed by atoms with Crippen molar-refractivity contribution in [2.75, 3.05) is 6.54 Å². The second-order valence-electron chi connectivity index (χ2n) is 4.07. The van der Waals surface area contributed by atoms with Crippen LogP contribution >= 0.6 is 11.6 Å². The first-order valence-electron chi connectivity index (χ1n) is 5.71. The highest BCUT2D eigenvalue weighted by Crippen LogP contribution is 2.09. The molecule has 1 atom stereocenters. The Morgan fingerprint density at radius 2 is 1.95 bits per heavy atom. The number of imide groups is 1. The van der Waals surface area contributed by atoms with E-state index >= 15 is 0 Å². The highest BCUT2D eigenvalue weighted by Gasteiger charge is 2.28. The molecule has 0 radical (unpaired) electrons. The maximum atomic E-state index is 11.7. The number of carbonyl (C=O) groups is 3. The summed E-state index contributed by atoms with van der Waals surface area (Å²) in [6.45, 7) is 0.291. The zero-order chi connectivity index (χ0) is 13.8. The Morgan fingerprint density at radius 3 is 2.53 bits per heavy atom. The van der Waals surface area contributed by atoms with Gasteiger partial charge in [-0.3, -0.25) is 14.9 Å². The van der Waals surface area contributed by atoms with Crippen molar-refractivity contribution in [1.82, 2.24) is 16.0 Å². The first-order chi connectivity index (χ1) is 9.06. The second-order valence-corrected chi connectivity index (χ2v) is 4.50. The van der Waals surface area contributed by atoms with Gasteiger partial charge < -0.3 is 10.6 Å². The van der Waals surface area contributed by atoms with E-state index in [9.17, 15) is 14.4 Å². The SMILES string of the molecule is O=C1NC(=O)C(CCNC(=O)c2ccc(Cl)cc2)N1. The van der Waals surface area contributed by atoms with Gasteiger partial charge in [-0.25, -0.2) is 4.79 Å². The minimum atomic E-state index is -0.585. The maximum absolute atomic E-state index is 11.7. The van der Waals surface area contributed by atoms with Gasteiger partial charge in [0, 0.05) is 17.1 Å². The molecule has 1 unspecified atom stereocenters. The van der Waals surface area contributed by atoms with E-state index in [0.29, 0.717) is 23.6 Å². The lowest BCUT2D eigenvalue weighted by atomic mass is 10.2. The van der Waals surface area contributed by atoms with Gasteiger partial charge in [-0.2, -0.15) is 0 Å². The quantitative estimate of drug-likeness (QED) is 0.709. The van der Waals surface area contributed by atoms with E-state index in [1.165, 1.54) is 0 Å². The molecule has 0 aliphatic carbocycles. The molecule has 1 fully saturated rings. The van der Waals surface area contributed by atoms with E-state index in [1.807, 2.05) is 0 Å².